The van der Waals surface area contributed by atoms with Gasteiger partial charge in [-0.15, -0.1) is 0 Å². The summed E-state index contributed by atoms with van der Waals surface area (Å²) in [6.07, 6.45) is 2.13. The lowest BCUT2D eigenvalue weighted by atomic mass is 10.1. The predicted molar refractivity (Wildman–Crippen MR) is 142 cm³/mol. The molecule has 2 aromatic rings. The summed E-state index contributed by atoms with van der Waals surface area (Å²) in [6.45, 7) is 7.12. The smallest absolute Gasteiger partial charge is 0.244 e. The van der Waals surface area contributed by atoms with Crippen LogP contribution in [0.3, 0.4) is 0 Å². The molecule has 0 saturated heterocycles. The van der Waals surface area contributed by atoms with Gasteiger partial charge in [-0.25, -0.2) is 8.42 Å². The van der Waals surface area contributed by atoms with Crippen molar-refractivity contribution >= 4 is 50.7 Å². The molecule has 0 spiro atoms. The van der Waals surface area contributed by atoms with Crippen LogP contribution in [-0.4, -0.2) is 50.0 Å². The number of halogens is 2. The van der Waals surface area contributed by atoms with Gasteiger partial charge in [0.15, 0.2) is 0 Å². The second kappa shape index (κ2) is 12.6. The first-order chi connectivity index (χ1) is 16.4. The van der Waals surface area contributed by atoms with Crippen molar-refractivity contribution in [3.05, 3.63) is 63.6 Å². The molecule has 192 valence electrons. The Morgan fingerprint density at radius 3 is 2.17 bits per heavy atom. The number of carbonyl (C=O) groups excluding carboxylic acids is 2. The average molecular weight is 543 g/mol. The minimum atomic E-state index is -3.82. The predicted octanol–water partition coefficient (Wildman–Crippen LogP) is 4.79. The van der Waals surface area contributed by atoms with Crippen LogP contribution in [0.1, 0.15) is 44.7 Å². The average Bonchev–Trinajstić information content (AvgIpc) is 2.79. The maximum atomic E-state index is 13.6. The molecule has 0 radical (unpaired) electrons. The summed E-state index contributed by atoms with van der Waals surface area (Å²) in [5.74, 6) is -0.790. The fraction of sp³-hybridized carbons (Fsp3) is 0.440. The van der Waals surface area contributed by atoms with Gasteiger partial charge < -0.3 is 10.2 Å². The molecular formula is C25H33Cl2N3O4S. The summed E-state index contributed by atoms with van der Waals surface area (Å²) in [5, 5.41) is 3.88. The molecule has 0 aliphatic rings. The first kappa shape index (κ1) is 28.9. The number of aryl methyl sites for hydroxylation is 1. The van der Waals surface area contributed by atoms with E-state index in [4.69, 9.17) is 23.2 Å². The Labute approximate surface area is 218 Å². The number of rotatable bonds is 11. The molecule has 0 fully saturated rings. The zero-order valence-electron chi connectivity index (χ0n) is 20.7. The van der Waals surface area contributed by atoms with Crippen molar-refractivity contribution in [3.8, 4) is 0 Å². The molecule has 0 unspecified atom stereocenters. The molecule has 0 heterocycles. The van der Waals surface area contributed by atoms with E-state index in [1.807, 2.05) is 20.8 Å². The Kier molecular flexibility index (Phi) is 10.4. The zero-order valence-corrected chi connectivity index (χ0v) is 23.0. The molecule has 0 aliphatic heterocycles. The number of amides is 2. The third-order valence-corrected chi connectivity index (χ3v) is 7.58. The first-order valence-corrected chi connectivity index (χ1v) is 14.1. The summed E-state index contributed by atoms with van der Waals surface area (Å²) in [4.78, 5) is 28.2. The van der Waals surface area contributed by atoms with Gasteiger partial charge in [0.25, 0.3) is 0 Å². The highest BCUT2D eigenvalue weighted by Crippen LogP contribution is 2.25. The Morgan fingerprint density at radius 1 is 1.03 bits per heavy atom. The van der Waals surface area contributed by atoms with Crippen LogP contribution in [0.25, 0.3) is 0 Å². The van der Waals surface area contributed by atoms with Crippen molar-refractivity contribution in [3.63, 3.8) is 0 Å². The second-order valence-corrected chi connectivity index (χ2v) is 11.3. The van der Waals surface area contributed by atoms with Gasteiger partial charge in [0, 0.05) is 22.6 Å². The summed E-state index contributed by atoms with van der Waals surface area (Å²) in [7, 11) is -3.82. The van der Waals surface area contributed by atoms with Gasteiger partial charge in [0.1, 0.15) is 12.6 Å². The molecule has 10 heteroatoms. The van der Waals surface area contributed by atoms with Gasteiger partial charge in [-0.1, -0.05) is 55.2 Å². The van der Waals surface area contributed by atoms with Crippen LogP contribution < -0.4 is 9.62 Å². The van der Waals surface area contributed by atoms with Crippen molar-refractivity contribution in [2.24, 2.45) is 0 Å². The Balaban J connectivity index is 2.45. The van der Waals surface area contributed by atoms with Crippen molar-refractivity contribution in [1.82, 2.24) is 10.2 Å². The van der Waals surface area contributed by atoms with Gasteiger partial charge in [0.05, 0.1) is 11.9 Å². The number of nitrogens with zero attached hydrogens (tertiary/aromatic N) is 2. The molecule has 35 heavy (non-hydrogen) atoms. The number of nitrogens with one attached hydrogen (secondary N) is 1. The third kappa shape index (κ3) is 8.12. The normalized spacial score (nSPS) is 13.1. The quantitative estimate of drug-likeness (QED) is 0.443. The van der Waals surface area contributed by atoms with E-state index in [2.05, 4.69) is 5.32 Å². The summed E-state index contributed by atoms with van der Waals surface area (Å²) in [5.41, 5.74) is 1.83. The molecule has 7 nitrogen and oxygen atoms in total. The van der Waals surface area contributed by atoms with Crippen LogP contribution in [0.15, 0.2) is 42.5 Å². The maximum absolute atomic E-state index is 13.6. The topological polar surface area (TPSA) is 86.8 Å². The van der Waals surface area contributed by atoms with E-state index in [0.29, 0.717) is 16.5 Å². The molecular weight excluding hydrogens is 509 g/mol. The molecule has 2 amide bonds. The zero-order chi connectivity index (χ0) is 26.3. The van der Waals surface area contributed by atoms with Crippen LogP contribution in [-0.2, 0) is 26.2 Å². The van der Waals surface area contributed by atoms with Crippen LogP contribution in [0.2, 0.25) is 10.0 Å². The van der Waals surface area contributed by atoms with Crippen LogP contribution in [0.5, 0.6) is 0 Å². The van der Waals surface area contributed by atoms with Gasteiger partial charge >= 0.3 is 0 Å². The monoisotopic (exact) mass is 541 g/mol. The van der Waals surface area contributed by atoms with Crippen molar-refractivity contribution in [2.75, 3.05) is 17.1 Å². The second-order valence-electron chi connectivity index (χ2n) is 8.59. The van der Waals surface area contributed by atoms with Gasteiger partial charge in [-0.05, 0) is 62.1 Å². The van der Waals surface area contributed by atoms with Gasteiger partial charge in [0.2, 0.25) is 21.8 Å². The largest absolute Gasteiger partial charge is 0.352 e. The van der Waals surface area contributed by atoms with E-state index in [9.17, 15) is 18.0 Å². The van der Waals surface area contributed by atoms with Gasteiger partial charge in [-0.2, -0.15) is 0 Å². The number of hydrogen-bond donors (Lipinski definition) is 1. The Hall–Kier alpha value is -2.29. The Morgan fingerprint density at radius 2 is 1.66 bits per heavy atom. The SMILES string of the molecule is CC[C@@H](C)NC(=O)[C@@H](CC)N(Cc1ccc(Cl)cc1)C(=O)CN(c1ccc(C)c(Cl)c1)S(C)(=O)=O. The molecule has 0 bridgehead atoms. The number of sulfonamides is 1. The first-order valence-electron chi connectivity index (χ1n) is 11.5. The third-order valence-electron chi connectivity index (χ3n) is 5.78. The highest BCUT2D eigenvalue weighted by atomic mass is 35.5. The summed E-state index contributed by atoms with van der Waals surface area (Å²) >= 11 is 12.2. The number of benzene rings is 2. The fourth-order valence-electron chi connectivity index (χ4n) is 3.50. The summed E-state index contributed by atoms with van der Waals surface area (Å²) < 4.78 is 26.3. The fourth-order valence-corrected chi connectivity index (χ4v) is 4.64. The van der Waals surface area contributed by atoms with Crippen LogP contribution >= 0.6 is 23.2 Å². The molecule has 0 aliphatic carbocycles. The molecule has 0 aromatic heterocycles. The molecule has 2 aromatic carbocycles. The maximum Gasteiger partial charge on any atom is 0.244 e. The minimum Gasteiger partial charge on any atom is -0.352 e. The lowest BCUT2D eigenvalue weighted by Gasteiger charge is -2.33. The van der Waals surface area contributed by atoms with Crippen molar-refractivity contribution < 1.29 is 18.0 Å². The standard InChI is InChI=1S/C25H33Cl2N3O4S/c1-6-18(4)28-25(32)23(7-2)29(15-19-9-11-20(26)12-10-19)24(31)16-30(35(5,33)34)21-13-8-17(3)22(27)14-21/h8-14,18,23H,6-7,15-16H2,1-5H3,(H,28,32)/t18-,23-/m1/s1. The minimum absolute atomic E-state index is 0.0637. The number of hydrogen-bond acceptors (Lipinski definition) is 4. The van der Waals surface area contributed by atoms with E-state index < -0.39 is 28.5 Å². The van der Waals surface area contributed by atoms with Crippen molar-refractivity contribution in [2.45, 2.75) is 59.2 Å². The number of carbonyl (C=O) groups is 2. The van der Waals surface area contributed by atoms with E-state index in [-0.39, 0.29) is 24.2 Å². The highest BCUT2D eigenvalue weighted by Gasteiger charge is 2.32. The Bertz CT molecular complexity index is 1140. The van der Waals surface area contributed by atoms with E-state index in [0.717, 1.165) is 28.1 Å². The van der Waals surface area contributed by atoms with E-state index in [1.165, 1.54) is 11.0 Å². The van der Waals surface area contributed by atoms with Gasteiger partial charge in [-0.3, -0.25) is 13.9 Å². The molecule has 2 atom stereocenters. The summed E-state index contributed by atoms with van der Waals surface area (Å²) in [6, 6.07) is 10.9. The molecule has 1 N–H and O–H groups in total. The molecule has 2 rings (SSSR count). The molecule has 0 saturated carbocycles. The van der Waals surface area contributed by atoms with Crippen LogP contribution in [0, 0.1) is 6.92 Å². The lowest BCUT2D eigenvalue weighted by molar-refractivity contribution is -0.140. The van der Waals surface area contributed by atoms with E-state index in [1.54, 1.807) is 43.3 Å². The lowest BCUT2D eigenvalue weighted by Crippen LogP contribution is -2.53. The van der Waals surface area contributed by atoms with Crippen molar-refractivity contribution in [1.29, 1.82) is 0 Å². The van der Waals surface area contributed by atoms with Crippen LogP contribution in [0.4, 0.5) is 5.69 Å². The van der Waals surface area contributed by atoms with E-state index >= 15 is 0 Å². The highest BCUT2D eigenvalue weighted by molar-refractivity contribution is 7.92. The number of anilines is 1.